The van der Waals surface area contributed by atoms with Gasteiger partial charge in [-0.3, -0.25) is 9.78 Å². The largest absolute Gasteiger partial charge is 0.345 e. The summed E-state index contributed by atoms with van der Waals surface area (Å²) in [6, 6.07) is 6.05. The monoisotopic (exact) mass is 413 g/mol. The molecule has 0 saturated carbocycles. The summed E-state index contributed by atoms with van der Waals surface area (Å²) < 4.78 is 0. The van der Waals surface area contributed by atoms with Gasteiger partial charge in [-0.2, -0.15) is 0 Å². The van der Waals surface area contributed by atoms with E-state index in [-0.39, 0.29) is 17.4 Å². The van der Waals surface area contributed by atoms with Crippen molar-refractivity contribution in [3.05, 3.63) is 70.9 Å². The van der Waals surface area contributed by atoms with Gasteiger partial charge in [-0.15, -0.1) is 0 Å². The Kier molecular flexibility index (Phi) is 5.00. The van der Waals surface area contributed by atoms with Crippen molar-refractivity contribution in [1.82, 2.24) is 25.3 Å². The van der Waals surface area contributed by atoms with Crippen LogP contribution in [0.1, 0.15) is 71.9 Å². The number of nitrogens with one attached hydrogen (secondary N) is 1. The fourth-order valence-corrected chi connectivity index (χ4v) is 4.83. The first-order chi connectivity index (χ1) is 15.0. The topological polar surface area (TPSA) is 80.7 Å². The van der Waals surface area contributed by atoms with Crippen LogP contribution in [0.5, 0.6) is 0 Å². The molecule has 6 heteroatoms. The number of aromatic nitrogens is 4. The van der Waals surface area contributed by atoms with Gasteiger partial charge in [0.2, 0.25) is 0 Å². The molecule has 31 heavy (non-hydrogen) atoms. The Balaban J connectivity index is 1.43. The van der Waals surface area contributed by atoms with E-state index in [0.717, 1.165) is 42.5 Å². The zero-order valence-electron chi connectivity index (χ0n) is 18.1. The van der Waals surface area contributed by atoms with Crippen LogP contribution in [0.15, 0.2) is 43.0 Å². The van der Waals surface area contributed by atoms with Gasteiger partial charge in [-0.25, -0.2) is 15.0 Å². The predicted molar refractivity (Wildman–Crippen MR) is 118 cm³/mol. The minimum Gasteiger partial charge on any atom is -0.345 e. The standard InChI is InChI=1S/C25H27N5O/c1-25(2)12-20-19(14-28-23(29-20)22-15-26-9-10-27-22)21(13-25)30-24(31)18-8-7-16-5-3-4-6-17(16)11-18/h7-11,14-15,21H,3-6,12-13H2,1-2H3,(H,30,31)/t21-/m1/s1. The number of carbonyl (C=O) groups excluding carboxylic acids is 1. The number of nitrogens with zero attached hydrogens (tertiary/aromatic N) is 4. The molecule has 1 N–H and O–H groups in total. The predicted octanol–water partition coefficient (Wildman–Crippen LogP) is 4.26. The van der Waals surface area contributed by atoms with Crippen LogP contribution in [-0.2, 0) is 19.3 Å². The summed E-state index contributed by atoms with van der Waals surface area (Å²) in [4.78, 5) is 30.9. The minimum atomic E-state index is -0.113. The molecule has 1 atom stereocenters. The number of aryl methyl sites for hydroxylation is 2. The first-order valence-electron chi connectivity index (χ1n) is 11.0. The quantitative estimate of drug-likeness (QED) is 0.694. The molecule has 1 amide bonds. The molecule has 158 valence electrons. The molecule has 6 nitrogen and oxygen atoms in total. The normalized spacial score (nSPS) is 19.2. The molecule has 2 aliphatic rings. The molecule has 0 aliphatic heterocycles. The van der Waals surface area contributed by atoms with Gasteiger partial charge in [0.05, 0.1) is 17.9 Å². The molecule has 0 unspecified atom stereocenters. The van der Waals surface area contributed by atoms with Gasteiger partial charge in [0.1, 0.15) is 5.69 Å². The van der Waals surface area contributed by atoms with Gasteiger partial charge in [0.25, 0.3) is 5.91 Å². The molecule has 2 aliphatic carbocycles. The number of fused-ring (bicyclic) bond motifs is 2. The number of hydrogen-bond donors (Lipinski definition) is 1. The molecule has 2 heterocycles. The van der Waals surface area contributed by atoms with Gasteiger partial charge >= 0.3 is 0 Å². The molecule has 0 fully saturated rings. The smallest absolute Gasteiger partial charge is 0.251 e. The summed E-state index contributed by atoms with van der Waals surface area (Å²) in [6.45, 7) is 4.44. The van der Waals surface area contributed by atoms with Gasteiger partial charge in [-0.1, -0.05) is 19.9 Å². The van der Waals surface area contributed by atoms with Crippen LogP contribution in [0, 0.1) is 5.41 Å². The first kappa shape index (κ1) is 19.8. The highest BCUT2D eigenvalue weighted by molar-refractivity contribution is 5.94. The molecular formula is C25H27N5O. The lowest BCUT2D eigenvalue weighted by Crippen LogP contribution is -2.37. The molecule has 0 radical (unpaired) electrons. The maximum absolute atomic E-state index is 13.1. The van der Waals surface area contributed by atoms with Gasteiger partial charge < -0.3 is 5.32 Å². The lowest BCUT2D eigenvalue weighted by Gasteiger charge is -2.36. The van der Waals surface area contributed by atoms with E-state index in [4.69, 9.17) is 4.98 Å². The summed E-state index contributed by atoms with van der Waals surface area (Å²) in [6.07, 6.45) is 13.1. The second-order valence-corrected chi connectivity index (χ2v) is 9.45. The molecular weight excluding hydrogens is 386 g/mol. The summed E-state index contributed by atoms with van der Waals surface area (Å²) in [7, 11) is 0. The Morgan fingerprint density at radius 1 is 1.06 bits per heavy atom. The molecule has 0 saturated heterocycles. The lowest BCUT2D eigenvalue weighted by molar-refractivity contribution is 0.0919. The molecule has 2 aromatic heterocycles. The highest BCUT2D eigenvalue weighted by Gasteiger charge is 2.35. The highest BCUT2D eigenvalue weighted by atomic mass is 16.1. The average Bonchev–Trinajstić information content (AvgIpc) is 2.78. The average molecular weight is 414 g/mol. The van der Waals surface area contributed by atoms with E-state index in [1.807, 2.05) is 12.3 Å². The maximum atomic E-state index is 13.1. The van der Waals surface area contributed by atoms with Crippen molar-refractivity contribution < 1.29 is 4.79 Å². The van der Waals surface area contributed by atoms with Crippen LogP contribution in [0.4, 0.5) is 0 Å². The van der Waals surface area contributed by atoms with E-state index in [0.29, 0.717) is 11.5 Å². The Morgan fingerprint density at radius 2 is 1.90 bits per heavy atom. The van der Waals surface area contributed by atoms with Crippen LogP contribution >= 0.6 is 0 Å². The van der Waals surface area contributed by atoms with E-state index in [2.05, 4.69) is 46.2 Å². The third kappa shape index (κ3) is 4.07. The van der Waals surface area contributed by atoms with Gasteiger partial charge in [-0.05, 0) is 67.2 Å². The van der Waals surface area contributed by atoms with Crippen LogP contribution < -0.4 is 5.32 Å². The van der Waals surface area contributed by atoms with Crippen molar-refractivity contribution in [3.63, 3.8) is 0 Å². The van der Waals surface area contributed by atoms with Crippen molar-refractivity contribution in [3.8, 4) is 11.5 Å². The van der Waals surface area contributed by atoms with Gasteiger partial charge in [0.15, 0.2) is 5.82 Å². The van der Waals surface area contributed by atoms with E-state index >= 15 is 0 Å². The van der Waals surface area contributed by atoms with Crippen molar-refractivity contribution >= 4 is 5.91 Å². The van der Waals surface area contributed by atoms with Crippen LogP contribution in [0.3, 0.4) is 0 Å². The Hall–Kier alpha value is -3.15. The molecule has 0 bridgehead atoms. The number of rotatable bonds is 3. The SMILES string of the molecule is CC1(C)Cc2nc(-c3cnccn3)ncc2[C@H](NC(=O)c2ccc3c(c2)CCCC3)C1. The zero-order valence-corrected chi connectivity index (χ0v) is 18.1. The lowest BCUT2D eigenvalue weighted by atomic mass is 9.74. The number of amides is 1. The van der Waals surface area contributed by atoms with E-state index in [1.165, 1.54) is 24.0 Å². The molecule has 0 spiro atoms. The Labute approximate surface area is 182 Å². The Morgan fingerprint density at radius 3 is 2.71 bits per heavy atom. The van der Waals surface area contributed by atoms with Crippen molar-refractivity contribution in [2.75, 3.05) is 0 Å². The van der Waals surface area contributed by atoms with E-state index in [1.54, 1.807) is 18.6 Å². The fraction of sp³-hybridized carbons (Fsp3) is 0.400. The minimum absolute atomic E-state index is 0.0226. The van der Waals surface area contributed by atoms with Crippen molar-refractivity contribution in [1.29, 1.82) is 0 Å². The van der Waals surface area contributed by atoms with E-state index in [9.17, 15) is 4.79 Å². The summed E-state index contributed by atoms with van der Waals surface area (Å²) in [5, 5.41) is 3.27. The zero-order chi connectivity index (χ0) is 21.4. The number of benzene rings is 1. The third-order valence-electron chi connectivity index (χ3n) is 6.39. The van der Waals surface area contributed by atoms with Crippen LogP contribution in [0.2, 0.25) is 0 Å². The van der Waals surface area contributed by atoms with Crippen LogP contribution in [0.25, 0.3) is 11.5 Å². The third-order valence-corrected chi connectivity index (χ3v) is 6.39. The van der Waals surface area contributed by atoms with Gasteiger partial charge in [0, 0.05) is 29.7 Å². The number of carbonyl (C=O) groups is 1. The summed E-state index contributed by atoms with van der Waals surface area (Å²) in [5.74, 6) is 0.546. The Bertz CT molecular complexity index is 1130. The first-order valence-corrected chi connectivity index (χ1v) is 11.0. The second-order valence-electron chi connectivity index (χ2n) is 9.45. The molecule has 3 aromatic rings. The second kappa shape index (κ2) is 7.84. The summed E-state index contributed by atoms with van der Waals surface area (Å²) in [5.41, 5.74) is 6.10. The molecule has 5 rings (SSSR count). The van der Waals surface area contributed by atoms with E-state index < -0.39 is 0 Å². The van der Waals surface area contributed by atoms with Crippen molar-refractivity contribution in [2.45, 2.75) is 58.4 Å². The molecule has 1 aromatic carbocycles. The van der Waals surface area contributed by atoms with Crippen LogP contribution in [-0.4, -0.2) is 25.8 Å². The fourth-order valence-electron chi connectivity index (χ4n) is 4.83. The van der Waals surface area contributed by atoms with Crippen molar-refractivity contribution in [2.24, 2.45) is 5.41 Å². The number of hydrogen-bond acceptors (Lipinski definition) is 5. The summed E-state index contributed by atoms with van der Waals surface area (Å²) >= 11 is 0. The highest BCUT2D eigenvalue weighted by Crippen LogP contribution is 2.40. The maximum Gasteiger partial charge on any atom is 0.251 e.